The Morgan fingerprint density at radius 1 is 1.43 bits per heavy atom. The monoisotopic (exact) mass is 189 g/mol. The van der Waals surface area contributed by atoms with Crippen LogP contribution in [-0.2, 0) is 4.79 Å². The lowest BCUT2D eigenvalue weighted by Gasteiger charge is -1.98. The van der Waals surface area contributed by atoms with E-state index in [0.717, 1.165) is 0 Å². The van der Waals surface area contributed by atoms with Gasteiger partial charge in [-0.05, 0) is 24.1 Å². The molecule has 70 valence electrons. The van der Waals surface area contributed by atoms with Crippen molar-refractivity contribution in [2.75, 3.05) is 5.73 Å². The summed E-state index contributed by atoms with van der Waals surface area (Å²) in [5, 5.41) is 8.69. The Labute approximate surface area is 80.3 Å². The summed E-state index contributed by atoms with van der Waals surface area (Å²) in [5.41, 5.74) is 6.22. The predicted octanol–water partition coefficient (Wildman–Crippen LogP) is 0.517. The molecule has 1 aromatic carbocycles. The van der Waals surface area contributed by atoms with E-state index in [-0.39, 0.29) is 5.56 Å². The lowest BCUT2D eigenvalue weighted by atomic mass is 10.1. The lowest BCUT2D eigenvalue weighted by Crippen LogP contribution is -1.98. The van der Waals surface area contributed by atoms with E-state index in [1.54, 1.807) is 0 Å². The zero-order valence-electron chi connectivity index (χ0n) is 7.15. The number of hydrogen-bond donors (Lipinski definition) is 2. The molecule has 0 radical (unpaired) electrons. The van der Waals surface area contributed by atoms with Gasteiger partial charge in [0.2, 0.25) is 0 Å². The first-order valence-corrected chi connectivity index (χ1v) is 3.72. The molecule has 4 heteroatoms. The molecule has 0 aliphatic carbocycles. The number of aldehydes is 1. The van der Waals surface area contributed by atoms with Crippen molar-refractivity contribution in [3.8, 4) is 11.8 Å². The van der Waals surface area contributed by atoms with Crippen LogP contribution in [0.25, 0.3) is 0 Å². The van der Waals surface area contributed by atoms with Crippen LogP contribution in [0.15, 0.2) is 18.2 Å². The van der Waals surface area contributed by atoms with Gasteiger partial charge in [-0.25, -0.2) is 4.79 Å². The normalized spacial score (nSPS) is 8.57. The highest BCUT2D eigenvalue weighted by atomic mass is 16.4. The van der Waals surface area contributed by atoms with E-state index >= 15 is 0 Å². The second-order valence-corrected chi connectivity index (χ2v) is 2.54. The van der Waals surface area contributed by atoms with Gasteiger partial charge in [-0.1, -0.05) is 5.92 Å². The van der Waals surface area contributed by atoms with Gasteiger partial charge in [0.05, 0.1) is 5.56 Å². The first-order chi connectivity index (χ1) is 6.63. The van der Waals surface area contributed by atoms with Gasteiger partial charge in [0.25, 0.3) is 0 Å². The van der Waals surface area contributed by atoms with Crippen molar-refractivity contribution in [1.82, 2.24) is 0 Å². The van der Waals surface area contributed by atoms with Crippen LogP contribution in [-0.4, -0.2) is 17.4 Å². The molecule has 0 saturated carbocycles. The van der Waals surface area contributed by atoms with Crippen LogP contribution < -0.4 is 5.73 Å². The summed E-state index contributed by atoms with van der Waals surface area (Å²) in [5.74, 6) is 3.57. The third kappa shape index (κ3) is 2.35. The number of aromatic carboxylic acids is 1. The van der Waals surface area contributed by atoms with Gasteiger partial charge >= 0.3 is 5.97 Å². The zero-order valence-corrected chi connectivity index (χ0v) is 7.15. The molecule has 3 N–H and O–H groups in total. The molecule has 0 atom stereocenters. The third-order valence-electron chi connectivity index (χ3n) is 1.48. The van der Waals surface area contributed by atoms with E-state index in [1.807, 2.05) is 0 Å². The molecule has 0 spiro atoms. The first-order valence-electron chi connectivity index (χ1n) is 3.72. The molecule has 0 amide bonds. The van der Waals surface area contributed by atoms with E-state index in [2.05, 4.69) is 11.8 Å². The molecule has 0 aliphatic rings. The van der Waals surface area contributed by atoms with Crippen LogP contribution in [0.3, 0.4) is 0 Å². The predicted molar refractivity (Wildman–Crippen MR) is 50.8 cm³/mol. The average molecular weight is 189 g/mol. The molecule has 0 fully saturated rings. The first kappa shape index (κ1) is 9.81. The number of carbonyl (C=O) groups is 2. The molecule has 1 aromatic rings. The van der Waals surface area contributed by atoms with E-state index in [1.165, 1.54) is 18.2 Å². The van der Waals surface area contributed by atoms with Crippen LogP contribution >= 0.6 is 0 Å². The summed E-state index contributed by atoms with van der Waals surface area (Å²) in [4.78, 5) is 20.6. The second kappa shape index (κ2) is 4.10. The molecule has 0 bridgehead atoms. The van der Waals surface area contributed by atoms with Gasteiger partial charge in [-0.2, -0.15) is 0 Å². The standard InChI is InChI=1S/C10H7NO3/c11-9-5-7(2-1-3-12)4-8(6-9)10(13)14/h3-6H,11H2,(H,13,14). The summed E-state index contributed by atoms with van der Waals surface area (Å²) in [7, 11) is 0. The van der Waals surface area contributed by atoms with Crippen LogP contribution in [0.5, 0.6) is 0 Å². The number of hydrogen-bond acceptors (Lipinski definition) is 3. The fraction of sp³-hybridized carbons (Fsp3) is 0. The van der Waals surface area contributed by atoms with Crippen molar-refractivity contribution >= 4 is 17.9 Å². The SMILES string of the molecule is Nc1cc(C#CC=O)cc(C(=O)O)c1. The largest absolute Gasteiger partial charge is 0.478 e. The Kier molecular flexibility index (Phi) is 2.87. The minimum Gasteiger partial charge on any atom is -0.478 e. The van der Waals surface area contributed by atoms with Crippen LogP contribution in [0, 0.1) is 11.8 Å². The maximum Gasteiger partial charge on any atom is 0.335 e. The molecular weight excluding hydrogens is 182 g/mol. The topological polar surface area (TPSA) is 80.4 Å². The van der Waals surface area contributed by atoms with Gasteiger partial charge < -0.3 is 10.8 Å². The Bertz CT molecular complexity index is 440. The van der Waals surface area contributed by atoms with E-state index < -0.39 is 5.97 Å². The summed E-state index contributed by atoms with van der Waals surface area (Å²) >= 11 is 0. The Morgan fingerprint density at radius 2 is 2.14 bits per heavy atom. The Balaban J connectivity index is 3.19. The number of carboxylic acid groups (broad SMARTS) is 1. The highest BCUT2D eigenvalue weighted by molar-refractivity contribution is 5.89. The average Bonchev–Trinajstić information content (AvgIpc) is 2.14. The maximum atomic E-state index is 10.6. The van der Waals surface area contributed by atoms with Crippen molar-refractivity contribution in [3.63, 3.8) is 0 Å². The zero-order chi connectivity index (χ0) is 10.6. The molecule has 0 heterocycles. The number of nitrogens with two attached hydrogens (primary N) is 1. The van der Waals surface area contributed by atoms with Crippen molar-refractivity contribution in [2.45, 2.75) is 0 Å². The number of rotatable bonds is 1. The van der Waals surface area contributed by atoms with Gasteiger partial charge in [-0.15, -0.1) is 0 Å². The number of carboxylic acids is 1. The fourth-order valence-corrected chi connectivity index (χ4v) is 0.960. The Hall–Kier alpha value is -2.28. The quantitative estimate of drug-likeness (QED) is 0.383. The summed E-state index contributed by atoms with van der Waals surface area (Å²) in [6, 6.07) is 4.19. The van der Waals surface area contributed by atoms with E-state index in [9.17, 15) is 9.59 Å². The van der Waals surface area contributed by atoms with Gasteiger partial charge in [-0.3, -0.25) is 4.79 Å². The highest BCUT2D eigenvalue weighted by Gasteiger charge is 2.03. The second-order valence-electron chi connectivity index (χ2n) is 2.54. The minimum atomic E-state index is -1.08. The van der Waals surface area contributed by atoms with E-state index in [0.29, 0.717) is 17.5 Å². The molecule has 1 rings (SSSR count). The number of nitrogen functional groups attached to an aromatic ring is 1. The van der Waals surface area contributed by atoms with Crippen LogP contribution in [0.4, 0.5) is 5.69 Å². The molecule has 14 heavy (non-hydrogen) atoms. The molecule has 0 saturated heterocycles. The van der Waals surface area contributed by atoms with Gasteiger partial charge in [0, 0.05) is 11.3 Å². The maximum absolute atomic E-state index is 10.6. The smallest absolute Gasteiger partial charge is 0.335 e. The minimum absolute atomic E-state index is 0.0557. The molecule has 4 nitrogen and oxygen atoms in total. The van der Waals surface area contributed by atoms with Crippen LogP contribution in [0.1, 0.15) is 15.9 Å². The van der Waals surface area contributed by atoms with Crippen molar-refractivity contribution in [3.05, 3.63) is 29.3 Å². The lowest BCUT2D eigenvalue weighted by molar-refractivity contribution is -0.103. The summed E-state index contributed by atoms with van der Waals surface area (Å²) in [6.45, 7) is 0. The van der Waals surface area contributed by atoms with Crippen molar-refractivity contribution in [1.29, 1.82) is 0 Å². The fourth-order valence-electron chi connectivity index (χ4n) is 0.960. The Morgan fingerprint density at radius 3 is 2.71 bits per heavy atom. The molecular formula is C10H7NO3. The number of anilines is 1. The number of carbonyl (C=O) groups excluding carboxylic acids is 1. The molecule has 0 unspecified atom stereocenters. The van der Waals surface area contributed by atoms with Crippen molar-refractivity contribution < 1.29 is 14.7 Å². The van der Waals surface area contributed by atoms with Gasteiger partial charge in [0.1, 0.15) is 0 Å². The highest BCUT2D eigenvalue weighted by Crippen LogP contribution is 2.11. The third-order valence-corrected chi connectivity index (χ3v) is 1.48. The molecule has 0 aliphatic heterocycles. The van der Waals surface area contributed by atoms with Crippen LogP contribution in [0.2, 0.25) is 0 Å². The van der Waals surface area contributed by atoms with Gasteiger partial charge in [0.15, 0.2) is 6.29 Å². The van der Waals surface area contributed by atoms with E-state index in [4.69, 9.17) is 10.8 Å². The summed E-state index contributed by atoms with van der Waals surface area (Å²) in [6.07, 6.45) is 0.434. The summed E-state index contributed by atoms with van der Waals surface area (Å²) < 4.78 is 0. The van der Waals surface area contributed by atoms with Crippen molar-refractivity contribution in [2.24, 2.45) is 0 Å². The number of benzene rings is 1. The molecule has 0 aromatic heterocycles.